The predicted molar refractivity (Wildman–Crippen MR) is 125 cm³/mol. The van der Waals surface area contributed by atoms with Crippen molar-refractivity contribution in [1.82, 2.24) is 5.32 Å². The largest absolute Gasteiger partial charge is 0.469 e. The Morgan fingerprint density at radius 3 is 1.88 bits per heavy atom. The van der Waals surface area contributed by atoms with Gasteiger partial charge in [0, 0.05) is 17.9 Å². The van der Waals surface area contributed by atoms with Crippen molar-refractivity contribution in [2.45, 2.75) is 24.3 Å². The van der Waals surface area contributed by atoms with Crippen molar-refractivity contribution in [1.29, 1.82) is 0 Å². The molecule has 0 radical (unpaired) electrons. The molecule has 2 atom stereocenters. The van der Waals surface area contributed by atoms with E-state index >= 15 is 0 Å². The molecule has 0 spiro atoms. The molecule has 3 rings (SSSR count). The van der Waals surface area contributed by atoms with E-state index in [4.69, 9.17) is 9.47 Å². The summed E-state index contributed by atoms with van der Waals surface area (Å²) in [5.74, 6) is -2.33. The maximum Gasteiger partial charge on any atom is 0.332 e. The SMILES string of the molecule is COC(=O)C[C@H](c1ccccc1)[C@](Cc1ccccc1)(NC(=O)c1ccccc1)C(=O)OC. The number of hydrogen-bond acceptors (Lipinski definition) is 5. The highest BCUT2D eigenvalue weighted by Crippen LogP contribution is 2.36. The van der Waals surface area contributed by atoms with Crippen LogP contribution in [0.15, 0.2) is 91.0 Å². The number of rotatable bonds is 9. The molecule has 0 fully saturated rings. The molecule has 3 aromatic carbocycles. The van der Waals surface area contributed by atoms with Crippen LogP contribution >= 0.6 is 0 Å². The summed E-state index contributed by atoms with van der Waals surface area (Å²) in [6, 6.07) is 27.1. The molecule has 33 heavy (non-hydrogen) atoms. The van der Waals surface area contributed by atoms with Gasteiger partial charge in [-0.05, 0) is 23.3 Å². The number of methoxy groups -OCH3 is 2. The van der Waals surface area contributed by atoms with Gasteiger partial charge in [-0.2, -0.15) is 0 Å². The maximum absolute atomic E-state index is 13.5. The first-order chi connectivity index (χ1) is 16.0. The van der Waals surface area contributed by atoms with E-state index in [1.807, 2.05) is 60.7 Å². The van der Waals surface area contributed by atoms with Gasteiger partial charge < -0.3 is 14.8 Å². The first kappa shape index (κ1) is 23.7. The van der Waals surface area contributed by atoms with Crippen LogP contribution in [-0.2, 0) is 25.5 Å². The Labute approximate surface area is 193 Å². The van der Waals surface area contributed by atoms with Gasteiger partial charge in [0.1, 0.15) is 5.54 Å². The number of carbonyl (C=O) groups excluding carboxylic acids is 3. The Bertz CT molecular complexity index is 1070. The minimum absolute atomic E-state index is 0.121. The van der Waals surface area contributed by atoms with Crippen LogP contribution in [-0.4, -0.2) is 37.6 Å². The van der Waals surface area contributed by atoms with Crippen molar-refractivity contribution >= 4 is 17.8 Å². The highest BCUT2D eigenvalue weighted by molar-refractivity contribution is 5.99. The molecule has 3 aromatic rings. The van der Waals surface area contributed by atoms with E-state index in [2.05, 4.69) is 5.32 Å². The zero-order chi connectivity index (χ0) is 23.7. The molecule has 6 nitrogen and oxygen atoms in total. The molecule has 170 valence electrons. The second-order valence-electron chi connectivity index (χ2n) is 7.69. The van der Waals surface area contributed by atoms with Gasteiger partial charge in [0.15, 0.2) is 0 Å². The first-order valence-corrected chi connectivity index (χ1v) is 10.6. The van der Waals surface area contributed by atoms with Gasteiger partial charge in [-0.1, -0.05) is 78.9 Å². The minimum atomic E-state index is -1.57. The smallest absolute Gasteiger partial charge is 0.332 e. The van der Waals surface area contributed by atoms with E-state index < -0.39 is 29.3 Å². The molecule has 0 heterocycles. The van der Waals surface area contributed by atoms with Crippen LogP contribution in [0.25, 0.3) is 0 Å². The molecular formula is C27H27NO5. The molecule has 0 saturated heterocycles. The van der Waals surface area contributed by atoms with Gasteiger partial charge in [-0.25, -0.2) is 4.79 Å². The van der Waals surface area contributed by atoms with Crippen molar-refractivity contribution < 1.29 is 23.9 Å². The van der Waals surface area contributed by atoms with Gasteiger partial charge in [0.25, 0.3) is 5.91 Å². The highest BCUT2D eigenvalue weighted by atomic mass is 16.5. The Morgan fingerprint density at radius 1 is 0.788 bits per heavy atom. The fourth-order valence-corrected chi connectivity index (χ4v) is 4.00. The minimum Gasteiger partial charge on any atom is -0.469 e. The number of nitrogens with one attached hydrogen (secondary N) is 1. The molecule has 0 aliphatic rings. The van der Waals surface area contributed by atoms with Crippen molar-refractivity contribution in [3.63, 3.8) is 0 Å². The van der Waals surface area contributed by atoms with Gasteiger partial charge in [-0.15, -0.1) is 0 Å². The van der Waals surface area contributed by atoms with E-state index in [9.17, 15) is 14.4 Å². The monoisotopic (exact) mass is 445 g/mol. The van der Waals surface area contributed by atoms with E-state index in [0.717, 1.165) is 5.56 Å². The van der Waals surface area contributed by atoms with Gasteiger partial charge in [-0.3, -0.25) is 9.59 Å². The molecule has 0 aromatic heterocycles. The summed E-state index contributed by atoms with van der Waals surface area (Å²) >= 11 is 0. The van der Waals surface area contributed by atoms with Gasteiger partial charge in [0.2, 0.25) is 0 Å². The van der Waals surface area contributed by atoms with Crippen molar-refractivity contribution in [2.75, 3.05) is 14.2 Å². The van der Waals surface area contributed by atoms with E-state index in [1.165, 1.54) is 14.2 Å². The summed E-state index contributed by atoms with van der Waals surface area (Å²) in [6.45, 7) is 0. The average molecular weight is 446 g/mol. The standard InChI is InChI=1S/C27H27NO5/c1-32-24(29)18-23(21-14-8-4-9-15-21)27(26(31)33-2,19-20-12-6-3-7-13-20)28-25(30)22-16-10-5-11-17-22/h3-17,23H,18-19H2,1-2H3,(H,28,30)/t23-,27+/m1/s1. The molecule has 1 amide bonds. The number of benzene rings is 3. The molecular weight excluding hydrogens is 418 g/mol. The second kappa shape index (κ2) is 11.1. The van der Waals surface area contributed by atoms with Crippen LogP contribution in [0.2, 0.25) is 0 Å². The van der Waals surface area contributed by atoms with Crippen LogP contribution in [0.5, 0.6) is 0 Å². The van der Waals surface area contributed by atoms with Crippen molar-refractivity contribution in [3.8, 4) is 0 Å². The Kier molecular flexibility index (Phi) is 7.97. The summed E-state index contributed by atoms with van der Waals surface area (Å²) < 4.78 is 10.2. The van der Waals surface area contributed by atoms with Crippen LogP contribution in [0.3, 0.4) is 0 Å². The summed E-state index contributed by atoms with van der Waals surface area (Å²) in [5, 5.41) is 2.95. The molecule has 0 aliphatic carbocycles. The fourth-order valence-electron chi connectivity index (χ4n) is 4.00. The third-order valence-corrected chi connectivity index (χ3v) is 5.64. The molecule has 0 saturated carbocycles. The van der Waals surface area contributed by atoms with E-state index in [0.29, 0.717) is 11.1 Å². The lowest BCUT2D eigenvalue weighted by Gasteiger charge is -2.39. The Morgan fingerprint density at radius 2 is 1.33 bits per heavy atom. The van der Waals surface area contributed by atoms with E-state index in [1.54, 1.807) is 30.3 Å². The Balaban J connectivity index is 2.19. The van der Waals surface area contributed by atoms with Crippen LogP contribution in [0.4, 0.5) is 0 Å². The van der Waals surface area contributed by atoms with Gasteiger partial charge in [0.05, 0.1) is 20.6 Å². The topological polar surface area (TPSA) is 81.7 Å². The summed E-state index contributed by atoms with van der Waals surface area (Å²) in [5.41, 5.74) is 0.335. The summed E-state index contributed by atoms with van der Waals surface area (Å²) in [4.78, 5) is 39.3. The Hall–Kier alpha value is -3.93. The second-order valence-corrected chi connectivity index (χ2v) is 7.69. The molecule has 1 N–H and O–H groups in total. The quantitative estimate of drug-likeness (QED) is 0.505. The third kappa shape index (κ3) is 5.66. The number of esters is 2. The summed E-state index contributed by atoms with van der Waals surface area (Å²) in [6.07, 6.45) is -0.00679. The molecule has 6 heteroatoms. The molecule has 0 aliphatic heterocycles. The van der Waals surface area contributed by atoms with E-state index in [-0.39, 0.29) is 12.8 Å². The van der Waals surface area contributed by atoms with Crippen LogP contribution in [0.1, 0.15) is 33.8 Å². The molecule has 0 unspecified atom stereocenters. The maximum atomic E-state index is 13.5. The first-order valence-electron chi connectivity index (χ1n) is 10.6. The zero-order valence-corrected chi connectivity index (χ0v) is 18.7. The number of ether oxygens (including phenoxy) is 2. The third-order valence-electron chi connectivity index (χ3n) is 5.64. The van der Waals surface area contributed by atoms with Crippen LogP contribution in [0, 0.1) is 0 Å². The van der Waals surface area contributed by atoms with Gasteiger partial charge >= 0.3 is 11.9 Å². The normalized spacial score (nSPS) is 13.3. The average Bonchev–Trinajstić information content (AvgIpc) is 2.87. The lowest BCUT2D eigenvalue weighted by molar-refractivity contribution is -0.150. The lowest BCUT2D eigenvalue weighted by Crippen LogP contribution is -2.60. The predicted octanol–water partition coefficient (Wildman–Crippen LogP) is 3.92. The fraction of sp³-hybridized carbons (Fsp3) is 0.222. The highest BCUT2D eigenvalue weighted by Gasteiger charge is 2.50. The van der Waals surface area contributed by atoms with Crippen molar-refractivity contribution in [2.24, 2.45) is 0 Å². The molecule has 0 bridgehead atoms. The lowest BCUT2D eigenvalue weighted by atomic mass is 9.73. The number of amides is 1. The number of carbonyl (C=O) groups is 3. The van der Waals surface area contributed by atoms with Crippen molar-refractivity contribution in [3.05, 3.63) is 108 Å². The number of hydrogen-bond donors (Lipinski definition) is 1. The summed E-state index contributed by atoms with van der Waals surface area (Å²) in [7, 11) is 2.57. The van der Waals surface area contributed by atoms with Crippen LogP contribution < -0.4 is 5.32 Å². The zero-order valence-electron chi connectivity index (χ0n) is 18.7.